The van der Waals surface area contributed by atoms with Crippen LogP contribution < -0.4 is 0 Å². The Hall–Kier alpha value is -2.64. The van der Waals surface area contributed by atoms with Crippen LogP contribution in [0.25, 0.3) is 0 Å². The lowest BCUT2D eigenvalue weighted by atomic mass is 10.5. The van der Waals surface area contributed by atoms with Crippen LogP contribution >= 0.6 is 0 Å². The van der Waals surface area contributed by atoms with Crippen LogP contribution in [0.2, 0.25) is 0 Å². The van der Waals surface area contributed by atoms with E-state index in [1.54, 1.807) is 12.4 Å². The zero-order valence-corrected chi connectivity index (χ0v) is 8.04. The van der Waals surface area contributed by atoms with Crippen LogP contribution in [0, 0.1) is 0 Å². The molecule has 0 radical (unpaired) electrons. The maximum absolute atomic E-state index is 8.91. The van der Waals surface area contributed by atoms with Gasteiger partial charge in [-0.1, -0.05) is 10.3 Å². The highest BCUT2D eigenvalue weighted by molar-refractivity contribution is 6.41. The molecule has 0 spiro atoms. The van der Waals surface area contributed by atoms with Crippen molar-refractivity contribution in [2.45, 2.75) is 0 Å². The molecular weight excluding hydrogens is 212 g/mol. The molecule has 0 amide bonds. The molecule has 0 fully saturated rings. The summed E-state index contributed by atoms with van der Waals surface area (Å²) in [6.07, 6.45) is 8.95. The molecule has 0 aliphatic carbocycles. The van der Waals surface area contributed by atoms with Gasteiger partial charge in [-0.15, -0.1) is 0 Å². The average Bonchev–Trinajstić information content (AvgIpc) is 2.97. The van der Waals surface area contributed by atoms with E-state index in [0.29, 0.717) is 0 Å². The van der Waals surface area contributed by atoms with Gasteiger partial charge < -0.3 is 10.4 Å². The number of hydrogen-bond acceptors (Lipinski definition) is 6. The molecule has 0 bridgehead atoms. The summed E-state index contributed by atoms with van der Waals surface area (Å²) in [5.74, 6) is 0.0519. The molecule has 0 unspecified atom stereocenters. The predicted molar refractivity (Wildman–Crippen MR) is 53.7 cm³/mol. The zero-order valence-electron chi connectivity index (χ0n) is 8.04. The minimum Gasteiger partial charge on any atom is -0.409 e. The first kappa shape index (κ1) is 9.90. The van der Waals surface area contributed by atoms with Crippen LogP contribution in [0.3, 0.4) is 0 Å². The van der Waals surface area contributed by atoms with E-state index in [1.807, 2.05) is 0 Å². The summed E-state index contributed by atoms with van der Waals surface area (Å²) >= 11 is 0. The molecule has 0 aliphatic heterocycles. The molecule has 82 valence electrons. The topological polar surface area (TPSA) is 101 Å². The number of oxime groups is 2. The smallest absolute Gasteiger partial charge is 0.224 e. The normalized spacial score (nSPS) is 13.0. The Kier molecular flexibility index (Phi) is 2.63. The SMILES string of the molecule is O/N=C(/C(=N/O)n1ccnc1)n1ccnc1. The average molecular weight is 220 g/mol. The molecule has 2 N–H and O–H groups in total. The van der Waals surface area contributed by atoms with Gasteiger partial charge in [0.25, 0.3) is 0 Å². The molecule has 0 saturated carbocycles. The van der Waals surface area contributed by atoms with Gasteiger partial charge in [-0.25, -0.2) is 9.97 Å². The fraction of sp³-hybridized carbons (Fsp3) is 0. The lowest BCUT2D eigenvalue weighted by Crippen LogP contribution is -2.27. The maximum atomic E-state index is 8.91. The van der Waals surface area contributed by atoms with Crippen LogP contribution in [-0.2, 0) is 0 Å². The molecule has 2 aromatic heterocycles. The summed E-state index contributed by atoms with van der Waals surface area (Å²) in [4.78, 5) is 7.60. The Morgan fingerprint density at radius 3 is 1.56 bits per heavy atom. The van der Waals surface area contributed by atoms with E-state index in [4.69, 9.17) is 10.4 Å². The molecule has 8 nitrogen and oxygen atoms in total. The van der Waals surface area contributed by atoms with E-state index in [1.165, 1.54) is 34.2 Å². The van der Waals surface area contributed by atoms with Gasteiger partial charge in [0.1, 0.15) is 12.7 Å². The highest BCUT2D eigenvalue weighted by atomic mass is 16.4. The summed E-state index contributed by atoms with van der Waals surface area (Å²) in [6, 6.07) is 0. The summed E-state index contributed by atoms with van der Waals surface area (Å²) < 4.78 is 2.80. The van der Waals surface area contributed by atoms with Crippen molar-refractivity contribution in [3.05, 3.63) is 37.4 Å². The highest BCUT2D eigenvalue weighted by Crippen LogP contribution is 1.96. The Morgan fingerprint density at radius 2 is 1.31 bits per heavy atom. The number of rotatable bonds is 0. The predicted octanol–water partition coefficient (Wildman–Crippen LogP) is 0.0514. The van der Waals surface area contributed by atoms with Gasteiger partial charge in [0.2, 0.25) is 11.7 Å². The third kappa shape index (κ3) is 1.63. The second-order valence-corrected chi connectivity index (χ2v) is 2.79. The molecule has 2 rings (SSSR count). The quantitative estimate of drug-likeness (QED) is 0.283. The van der Waals surface area contributed by atoms with Gasteiger partial charge in [-0.05, 0) is 0 Å². The third-order valence-electron chi connectivity index (χ3n) is 1.89. The second-order valence-electron chi connectivity index (χ2n) is 2.79. The summed E-state index contributed by atoms with van der Waals surface area (Å²) in [5, 5.41) is 23.9. The highest BCUT2D eigenvalue weighted by Gasteiger charge is 2.14. The Labute approximate surface area is 89.8 Å². The van der Waals surface area contributed by atoms with Gasteiger partial charge in [0.05, 0.1) is 0 Å². The largest absolute Gasteiger partial charge is 0.409 e. The first-order chi connectivity index (χ1) is 7.86. The van der Waals surface area contributed by atoms with E-state index in [2.05, 4.69) is 20.3 Å². The van der Waals surface area contributed by atoms with Crippen LogP contribution in [-0.4, -0.2) is 41.2 Å². The molecule has 0 aromatic carbocycles. The first-order valence-electron chi connectivity index (χ1n) is 4.28. The zero-order chi connectivity index (χ0) is 11.4. The number of hydrogen-bond donors (Lipinski definition) is 2. The van der Waals surface area contributed by atoms with Gasteiger partial charge in [-0.3, -0.25) is 9.13 Å². The summed E-state index contributed by atoms with van der Waals surface area (Å²) in [7, 11) is 0. The molecule has 0 atom stereocenters. The van der Waals surface area contributed by atoms with Crippen LogP contribution in [0.4, 0.5) is 0 Å². The standard InChI is InChI=1S/C8H8N6O2/c15-11-7(13-3-1-9-5-13)8(12-16)14-4-2-10-6-14/h1-6,15-16H/b11-7-,12-8-. The maximum Gasteiger partial charge on any atom is 0.224 e. The monoisotopic (exact) mass is 220 g/mol. The fourth-order valence-electron chi connectivity index (χ4n) is 1.19. The minimum absolute atomic E-state index is 0.0259. The lowest BCUT2D eigenvalue weighted by molar-refractivity contribution is 0.311. The number of imidazole rings is 2. The van der Waals surface area contributed by atoms with E-state index in [9.17, 15) is 0 Å². The fourth-order valence-corrected chi connectivity index (χ4v) is 1.19. The van der Waals surface area contributed by atoms with Crippen LogP contribution in [0.5, 0.6) is 0 Å². The van der Waals surface area contributed by atoms with Crippen molar-refractivity contribution in [1.82, 2.24) is 19.1 Å². The van der Waals surface area contributed by atoms with Gasteiger partial charge in [-0.2, -0.15) is 0 Å². The van der Waals surface area contributed by atoms with E-state index in [0.717, 1.165) is 0 Å². The Bertz CT molecular complexity index is 450. The van der Waals surface area contributed by atoms with Crippen molar-refractivity contribution in [2.75, 3.05) is 0 Å². The molecule has 0 aliphatic rings. The third-order valence-corrected chi connectivity index (χ3v) is 1.89. The summed E-state index contributed by atoms with van der Waals surface area (Å²) in [5.41, 5.74) is 0. The van der Waals surface area contributed by atoms with E-state index >= 15 is 0 Å². The molecule has 16 heavy (non-hydrogen) atoms. The van der Waals surface area contributed by atoms with Crippen molar-refractivity contribution in [3.63, 3.8) is 0 Å². The Morgan fingerprint density at radius 1 is 0.875 bits per heavy atom. The molecular formula is C8H8N6O2. The molecule has 2 aromatic rings. The first-order valence-corrected chi connectivity index (χ1v) is 4.28. The van der Waals surface area contributed by atoms with Crippen molar-refractivity contribution in [3.8, 4) is 0 Å². The van der Waals surface area contributed by atoms with E-state index in [-0.39, 0.29) is 11.7 Å². The molecule has 2 heterocycles. The van der Waals surface area contributed by atoms with Gasteiger partial charge in [0.15, 0.2) is 0 Å². The van der Waals surface area contributed by atoms with Gasteiger partial charge in [0, 0.05) is 24.8 Å². The van der Waals surface area contributed by atoms with Crippen molar-refractivity contribution in [1.29, 1.82) is 0 Å². The van der Waals surface area contributed by atoms with Crippen molar-refractivity contribution < 1.29 is 10.4 Å². The van der Waals surface area contributed by atoms with Gasteiger partial charge >= 0.3 is 0 Å². The Balaban J connectivity index is 2.43. The number of nitrogens with zero attached hydrogens (tertiary/aromatic N) is 6. The minimum atomic E-state index is 0.0259. The van der Waals surface area contributed by atoms with Crippen LogP contribution in [0.15, 0.2) is 47.8 Å². The number of aromatic nitrogens is 4. The second kappa shape index (κ2) is 4.26. The summed E-state index contributed by atoms with van der Waals surface area (Å²) in [6.45, 7) is 0. The molecule has 8 heteroatoms. The van der Waals surface area contributed by atoms with E-state index < -0.39 is 0 Å². The molecule has 0 saturated heterocycles. The lowest BCUT2D eigenvalue weighted by Gasteiger charge is -2.06. The van der Waals surface area contributed by atoms with Crippen LogP contribution in [0.1, 0.15) is 0 Å². The van der Waals surface area contributed by atoms with Crippen molar-refractivity contribution in [2.24, 2.45) is 10.3 Å². The van der Waals surface area contributed by atoms with Crippen molar-refractivity contribution >= 4 is 11.7 Å².